The zero-order valence-electron chi connectivity index (χ0n) is 21.3. The highest BCUT2D eigenvalue weighted by Gasteiger charge is 2.33. The van der Waals surface area contributed by atoms with Gasteiger partial charge >= 0.3 is 10.2 Å². The summed E-state index contributed by atoms with van der Waals surface area (Å²) in [6.45, 7) is 5.89. The lowest BCUT2D eigenvalue weighted by molar-refractivity contribution is 0.0824. The van der Waals surface area contributed by atoms with Crippen LogP contribution in [0, 0.1) is 5.41 Å². The van der Waals surface area contributed by atoms with Crippen LogP contribution < -0.4 is 19.5 Å². The van der Waals surface area contributed by atoms with Crippen molar-refractivity contribution in [3.8, 4) is 17.2 Å². The molecule has 0 saturated carbocycles. The van der Waals surface area contributed by atoms with E-state index in [9.17, 15) is 18.3 Å². The van der Waals surface area contributed by atoms with Crippen LogP contribution in [0.1, 0.15) is 42.7 Å². The van der Waals surface area contributed by atoms with Crippen molar-refractivity contribution in [3.63, 3.8) is 0 Å². The van der Waals surface area contributed by atoms with E-state index in [1.807, 2.05) is 20.8 Å². The van der Waals surface area contributed by atoms with Gasteiger partial charge in [-0.2, -0.15) is 8.42 Å². The first-order chi connectivity index (χ1) is 16.8. The minimum atomic E-state index is -4.08. The average molecular weight is 518 g/mol. The maximum Gasteiger partial charge on any atom is 0.345 e. The smallest absolute Gasteiger partial charge is 0.345 e. The van der Waals surface area contributed by atoms with E-state index in [0.29, 0.717) is 11.5 Å². The lowest BCUT2D eigenvalue weighted by Gasteiger charge is -2.29. The number of ether oxygens (including phenoxy) is 2. The van der Waals surface area contributed by atoms with Gasteiger partial charge in [-0.05, 0) is 35.2 Å². The van der Waals surface area contributed by atoms with Crippen LogP contribution in [0.3, 0.4) is 0 Å². The second kappa shape index (κ2) is 10.1. The molecule has 0 saturated heterocycles. The Morgan fingerprint density at radius 2 is 1.75 bits per heavy atom. The quantitative estimate of drug-likeness (QED) is 0.500. The highest BCUT2D eigenvalue weighted by molar-refractivity contribution is 7.89. The predicted octanol–water partition coefficient (Wildman–Crippen LogP) is 2.96. The Hall–Kier alpha value is -3.80. The summed E-state index contributed by atoms with van der Waals surface area (Å²) in [5.41, 5.74) is 0.430. The normalized spacial score (nSPS) is 16.6. The number of para-hydroxylation sites is 1. The van der Waals surface area contributed by atoms with Crippen LogP contribution in [0.25, 0.3) is 0 Å². The van der Waals surface area contributed by atoms with E-state index < -0.39 is 27.6 Å². The van der Waals surface area contributed by atoms with E-state index >= 15 is 0 Å². The van der Waals surface area contributed by atoms with E-state index in [1.165, 1.54) is 31.3 Å². The molecule has 2 aromatic carbocycles. The monoisotopic (exact) mass is 517 g/mol. The van der Waals surface area contributed by atoms with Gasteiger partial charge < -0.3 is 24.8 Å². The lowest BCUT2D eigenvalue weighted by Crippen LogP contribution is -2.32. The summed E-state index contributed by atoms with van der Waals surface area (Å²) in [5.74, 6) is 0.205. The van der Waals surface area contributed by atoms with Crippen molar-refractivity contribution in [2.24, 2.45) is 14.8 Å². The van der Waals surface area contributed by atoms with Crippen LogP contribution in [0.2, 0.25) is 0 Å². The number of carbonyl (C=O) groups excluding carboxylic acids is 1. The van der Waals surface area contributed by atoms with Gasteiger partial charge in [-0.15, -0.1) is 4.40 Å². The minimum absolute atomic E-state index is 0.0412. The van der Waals surface area contributed by atoms with Crippen LogP contribution in [0.15, 0.2) is 45.8 Å². The fraction of sp³-hybridized carbons (Fsp3) is 0.375. The van der Waals surface area contributed by atoms with E-state index in [0.717, 1.165) is 5.56 Å². The number of carbonyl (C=O) groups is 1. The van der Waals surface area contributed by atoms with Gasteiger partial charge in [0.2, 0.25) is 0 Å². The molecule has 3 N–H and O–H groups in total. The first-order valence-corrected chi connectivity index (χ1v) is 12.4. The highest BCUT2D eigenvalue weighted by Crippen LogP contribution is 2.40. The van der Waals surface area contributed by atoms with E-state index in [4.69, 9.17) is 14.5 Å². The number of methoxy groups -OCH3 is 2. The third-order valence-corrected chi connectivity index (χ3v) is 6.23. The number of anilines is 1. The molecule has 0 radical (unpaired) electrons. The summed E-state index contributed by atoms with van der Waals surface area (Å²) in [4.78, 5) is 18.4. The van der Waals surface area contributed by atoms with Crippen molar-refractivity contribution in [2.75, 3.05) is 33.6 Å². The lowest BCUT2D eigenvalue weighted by atomic mass is 9.82. The molecule has 1 unspecified atom stereocenters. The molecule has 0 bridgehead atoms. The Morgan fingerprint density at radius 1 is 1.14 bits per heavy atom. The summed E-state index contributed by atoms with van der Waals surface area (Å²) >= 11 is 0. The van der Waals surface area contributed by atoms with Crippen LogP contribution >= 0.6 is 0 Å². The summed E-state index contributed by atoms with van der Waals surface area (Å²) < 4.78 is 41.6. The topological polar surface area (TPSA) is 142 Å². The summed E-state index contributed by atoms with van der Waals surface area (Å²) in [7, 11) is 2.12. The van der Waals surface area contributed by atoms with Gasteiger partial charge in [-0.3, -0.25) is 9.79 Å². The third kappa shape index (κ3) is 5.88. The Balaban J connectivity index is 2.08. The molecule has 1 heterocycles. The SMILES string of the molecule is COc1cc(OC)cc(C(N=C2NS(=O)(=O)N=C2Nc2cccc(C(=O)N(C)C)c2O)C(C)(C)C)c1. The fourth-order valence-electron chi connectivity index (χ4n) is 3.60. The van der Waals surface area contributed by atoms with Crippen LogP contribution in [-0.2, 0) is 10.2 Å². The molecule has 2 aromatic rings. The predicted molar refractivity (Wildman–Crippen MR) is 138 cm³/mol. The molecule has 3 rings (SSSR count). The van der Waals surface area contributed by atoms with Crippen molar-refractivity contribution in [3.05, 3.63) is 47.5 Å². The molecule has 1 atom stereocenters. The summed E-state index contributed by atoms with van der Waals surface area (Å²) in [6, 6.07) is 9.33. The molecular formula is C24H31N5O6S. The minimum Gasteiger partial charge on any atom is -0.505 e. The van der Waals surface area contributed by atoms with Gasteiger partial charge in [-0.1, -0.05) is 26.8 Å². The third-order valence-electron chi connectivity index (χ3n) is 5.36. The van der Waals surface area contributed by atoms with Crippen molar-refractivity contribution >= 4 is 33.5 Å². The summed E-state index contributed by atoms with van der Waals surface area (Å²) in [5, 5.41) is 13.5. The first kappa shape index (κ1) is 26.8. The molecule has 0 spiro atoms. The molecule has 0 fully saturated rings. The Kier molecular flexibility index (Phi) is 7.48. The molecule has 0 aliphatic carbocycles. The first-order valence-electron chi connectivity index (χ1n) is 11.0. The number of benzene rings is 2. The number of rotatable bonds is 6. The second-order valence-corrected chi connectivity index (χ2v) is 10.8. The number of amidine groups is 2. The maximum absolute atomic E-state index is 12.4. The van der Waals surface area contributed by atoms with Crippen LogP contribution in [0.5, 0.6) is 17.2 Å². The molecule has 1 aliphatic heterocycles. The average Bonchev–Trinajstić information content (AvgIpc) is 3.09. The van der Waals surface area contributed by atoms with Crippen molar-refractivity contribution in [1.29, 1.82) is 0 Å². The number of phenolic OH excluding ortho intramolecular Hbond substituents is 1. The van der Waals surface area contributed by atoms with Gasteiger partial charge in [0.05, 0.1) is 31.5 Å². The standard InChI is InChI=1S/C24H31N5O6S/c1-24(2,3)20(14-11-15(34-6)13-16(12-14)35-7)26-22-21(27-36(32,33)28-22)25-18-10-8-9-17(19(18)30)23(31)29(4)5/h8-13,20,30H,1-7H3,(H,25,27)(H,26,28). The van der Waals surface area contributed by atoms with Gasteiger partial charge in [-0.25, -0.2) is 4.72 Å². The Morgan fingerprint density at radius 3 is 2.28 bits per heavy atom. The molecule has 11 nitrogen and oxygen atoms in total. The van der Waals surface area contributed by atoms with Gasteiger partial charge in [0, 0.05) is 20.2 Å². The number of aromatic hydroxyl groups is 1. The number of hydrogen-bond acceptors (Lipinski definition) is 8. The Bertz CT molecular complexity index is 1310. The van der Waals surface area contributed by atoms with Gasteiger partial charge in [0.25, 0.3) is 5.91 Å². The second-order valence-electron chi connectivity index (χ2n) is 9.44. The fourth-order valence-corrected chi connectivity index (χ4v) is 4.41. The van der Waals surface area contributed by atoms with E-state index in [2.05, 4.69) is 14.4 Å². The zero-order valence-corrected chi connectivity index (χ0v) is 22.1. The highest BCUT2D eigenvalue weighted by atomic mass is 32.2. The Labute approximate surface area is 211 Å². The molecule has 12 heteroatoms. The molecule has 194 valence electrons. The molecule has 36 heavy (non-hydrogen) atoms. The molecule has 0 aromatic heterocycles. The number of nitrogens with zero attached hydrogens (tertiary/aromatic N) is 3. The zero-order chi connectivity index (χ0) is 26.8. The number of aliphatic imine (C=N–C) groups is 1. The number of phenols is 1. The molecular weight excluding hydrogens is 486 g/mol. The van der Waals surface area contributed by atoms with Crippen LogP contribution in [0.4, 0.5) is 5.69 Å². The summed E-state index contributed by atoms with van der Waals surface area (Å²) in [6.07, 6.45) is 0. The largest absolute Gasteiger partial charge is 0.505 e. The molecule has 1 amide bonds. The number of hydrogen-bond donors (Lipinski definition) is 3. The number of nitrogens with one attached hydrogen (secondary N) is 2. The van der Waals surface area contributed by atoms with Gasteiger partial charge in [0.15, 0.2) is 17.4 Å². The maximum atomic E-state index is 12.4. The van der Waals surface area contributed by atoms with Gasteiger partial charge in [0.1, 0.15) is 11.5 Å². The van der Waals surface area contributed by atoms with Crippen molar-refractivity contribution in [2.45, 2.75) is 26.8 Å². The number of amides is 1. The van der Waals surface area contributed by atoms with E-state index in [-0.39, 0.29) is 28.7 Å². The van der Waals surface area contributed by atoms with E-state index in [1.54, 1.807) is 38.4 Å². The molecule has 1 aliphatic rings. The van der Waals surface area contributed by atoms with Crippen molar-refractivity contribution < 1.29 is 27.8 Å². The van der Waals surface area contributed by atoms with Crippen LogP contribution in [-0.4, -0.2) is 64.3 Å². The van der Waals surface area contributed by atoms with Crippen molar-refractivity contribution in [1.82, 2.24) is 9.62 Å².